The van der Waals surface area contributed by atoms with Gasteiger partial charge in [0.25, 0.3) is 0 Å². The molecule has 0 saturated carbocycles. The van der Waals surface area contributed by atoms with Crippen LogP contribution < -0.4 is 11.1 Å². The molecule has 2 aromatic heterocycles. The minimum Gasteiger partial charge on any atom is -0.468 e. The topological polar surface area (TPSA) is 64.1 Å². The third-order valence-electron chi connectivity index (χ3n) is 2.70. The lowest BCUT2D eigenvalue weighted by Crippen LogP contribution is -2.22. The molecule has 3 N–H and O–H groups in total. The number of rotatable bonds is 5. The maximum atomic E-state index is 5.92. The number of aromatic nitrogens is 1. The van der Waals surface area contributed by atoms with Gasteiger partial charge in [-0.2, -0.15) is 0 Å². The number of nitrogens with one attached hydrogen (secondary N) is 1. The maximum Gasteiger partial charge on any atom is 0.121 e. The Balaban J connectivity index is 2.16. The fourth-order valence-electron chi connectivity index (χ4n) is 1.84. The zero-order valence-corrected chi connectivity index (χ0v) is 9.89. The number of anilines is 1. The maximum absolute atomic E-state index is 5.92. The Morgan fingerprint density at radius 1 is 1.47 bits per heavy atom. The predicted molar refractivity (Wildman–Crippen MR) is 67.5 cm³/mol. The number of nitrogens with zero attached hydrogens (tertiary/aromatic N) is 1. The summed E-state index contributed by atoms with van der Waals surface area (Å²) in [6, 6.07) is 5.83. The summed E-state index contributed by atoms with van der Waals surface area (Å²) in [5, 5.41) is 3.38. The van der Waals surface area contributed by atoms with Gasteiger partial charge in [-0.15, -0.1) is 0 Å². The van der Waals surface area contributed by atoms with E-state index in [-0.39, 0.29) is 6.04 Å². The number of pyridine rings is 1. The summed E-state index contributed by atoms with van der Waals surface area (Å²) in [4.78, 5) is 4.10. The van der Waals surface area contributed by atoms with Crippen LogP contribution in [0.1, 0.15) is 24.3 Å². The standard InChI is InChI=1S/C13H17N3O/c1-2-16-12(13-4-3-7-17-13)8-10-9-15-6-5-11(10)14/h3-7,9,12,16H,2,8H2,1H3,(H2,14,15). The van der Waals surface area contributed by atoms with Crippen LogP contribution in [0.2, 0.25) is 0 Å². The highest BCUT2D eigenvalue weighted by Gasteiger charge is 2.15. The molecule has 1 unspecified atom stereocenters. The first kappa shape index (κ1) is 11.7. The first-order valence-electron chi connectivity index (χ1n) is 5.76. The van der Waals surface area contributed by atoms with Crippen molar-refractivity contribution >= 4 is 5.69 Å². The van der Waals surface area contributed by atoms with Crippen molar-refractivity contribution < 1.29 is 4.42 Å². The van der Waals surface area contributed by atoms with E-state index in [1.54, 1.807) is 12.5 Å². The zero-order valence-electron chi connectivity index (χ0n) is 9.89. The van der Waals surface area contributed by atoms with Gasteiger partial charge in [-0.1, -0.05) is 6.92 Å². The van der Waals surface area contributed by atoms with Gasteiger partial charge in [0.1, 0.15) is 5.76 Å². The van der Waals surface area contributed by atoms with Gasteiger partial charge in [-0.3, -0.25) is 4.98 Å². The van der Waals surface area contributed by atoms with Crippen LogP contribution in [0.25, 0.3) is 0 Å². The van der Waals surface area contributed by atoms with Gasteiger partial charge in [0.05, 0.1) is 12.3 Å². The molecular formula is C13H17N3O. The molecule has 0 saturated heterocycles. The van der Waals surface area contributed by atoms with Crippen LogP contribution in [0.4, 0.5) is 5.69 Å². The fraction of sp³-hybridized carbons (Fsp3) is 0.308. The Morgan fingerprint density at radius 2 is 2.35 bits per heavy atom. The summed E-state index contributed by atoms with van der Waals surface area (Å²) in [5.74, 6) is 0.926. The van der Waals surface area contributed by atoms with Crippen LogP contribution in [0.15, 0.2) is 41.3 Å². The Morgan fingerprint density at radius 3 is 3.00 bits per heavy atom. The van der Waals surface area contributed by atoms with Gasteiger partial charge >= 0.3 is 0 Å². The number of nitrogens with two attached hydrogens (primary N) is 1. The molecular weight excluding hydrogens is 214 g/mol. The van der Waals surface area contributed by atoms with Gasteiger partial charge in [-0.25, -0.2) is 0 Å². The second kappa shape index (κ2) is 5.50. The van der Waals surface area contributed by atoms with E-state index in [1.807, 2.05) is 24.4 Å². The minimum absolute atomic E-state index is 0.140. The van der Waals surface area contributed by atoms with Gasteiger partial charge in [0.2, 0.25) is 0 Å². The molecule has 0 aliphatic carbocycles. The lowest BCUT2D eigenvalue weighted by atomic mass is 10.0. The molecule has 0 spiro atoms. The van der Waals surface area contributed by atoms with Crippen LogP contribution in [0.5, 0.6) is 0 Å². The van der Waals surface area contributed by atoms with Crippen molar-refractivity contribution in [2.24, 2.45) is 0 Å². The van der Waals surface area contributed by atoms with E-state index in [0.717, 1.165) is 30.0 Å². The van der Waals surface area contributed by atoms with Crippen LogP contribution in [0.3, 0.4) is 0 Å². The van der Waals surface area contributed by atoms with E-state index in [9.17, 15) is 0 Å². The van der Waals surface area contributed by atoms with Crippen molar-refractivity contribution in [2.75, 3.05) is 12.3 Å². The molecule has 4 heteroatoms. The SMILES string of the molecule is CCNC(Cc1cnccc1N)c1ccco1. The lowest BCUT2D eigenvalue weighted by molar-refractivity contribution is 0.416. The third-order valence-corrected chi connectivity index (χ3v) is 2.70. The van der Waals surface area contributed by atoms with Gasteiger partial charge in [0, 0.05) is 18.1 Å². The van der Waals surface area contributed by atoms with Gasteiger partial charge < -0.3 is 15.5 Å². The highest BCUT2D eigenvalue weighted by Crippen LogP contribution is 2.21. The normalized spacial score (nSPS) is 12.5. The molecule has 0 amide bonds. The molecule has 17 heavy (non-hydrogen) atoms. The molecule has 0 aliphatic rings. The summed E-state index contributed by atoms with van der Waals surface area (Å²) in [5.41, 5.74) is 7.73. The number of hydrogen-bond donors (Lipinski definition) is 2. The summed E-state index contributed by atoms with van der Waals surface area (Å²) in [6.45, 7) is 2.95. The Labute approximate surface area is 101 Å². The first-order valence-corrected chi connectivity index (χ1v) is 5.76. The Bertz CT molecular complexity index is 453. The molecule has 2 aromatic rings. The van der Waals surface area contributed by atoms with Crippen LogP contribution in [-0.2, 0) is 6.42 Å². The second-order valence-corrected chi connectivity index (χ2v) is 3.90. The van der Waals surface area contributed by atoms with E-state index in [4.69, 9.17) is 10.2 Å². The van der Waals surface area contributed by atoms with Crippen molar-refractivity contribution in [3.8, 4) is 0 Å². The summed E-state index contributed by atoms with van der Waals surface area (Å²) in [7, 11) is 0. The van der Waals surface area contributed by atoms with Gasteiger partial charge in [0.15, 0.2) is 0 Å². The quantitative estimate of drug-likeness (QED) is 0.827. The van der Waals surface area contributed by atoms with E-state index >= 15 is 0 Å². The highest BCUT2D eigenvalue weighted by molar-refractivity contribution is 5.44. The zero-order chi connectivity index (χ0) is 12.1. The summed E-state index contributed by atoms with van der Waals surface area (Å²) >= 11 is 0. The third kappa shape index (κ3) is 2.85. The first-order chi connectivity index (χ1) is 8.31. The fourth-order valence-corrected chi connectivity index (χ4v) is 1.84. The largest absolute Gasteiger partial charge is 0.468 e. The summed E-state index contributed by atoms with van der Waals surface area (Å²) in [6.07, 6.45) is 5.98. The molecule has 0 aromatic carbocycles. The molecule has 2 heterocycles. The van der Waals surface area contributed by atoms with Gasteiger partial charge in [-0.05, 0) is 36.7 Å². The molecule has 1 atom stereocenters. The van der Waals surface area contributed by atoms with Crippen LogP contribution in [-0.4, -0.2) is 11.5 Å². The molecule has 2 rings (SSSR count). The second-order valence-electron chi connectivity index (χ2n) is 3.90. The smallest absolute Gasteiger partial charge is 0.121 e. The van der Waals surface area contributed by atoms with Crippen molar-refractivity contribution in [3.05, 3.63) is 48.2 Å². The number of furan rings is 1. The van der Waals surface area contributed by atoms with Crippen molar-refractivity contribution in [2.45, 2.75) is 19.4 Å². The number of likely N-dealkylation sites (N-methyl/N-ethyl adjacent to an activating group) is 1. The van der Waals surface area contributed by atoms with E-state index in [1.165, 1.54) is 0 Å². The predicted octanol–water partition coefficient (Wildman–Crippen LogP) is 2.15. The number of nitrogen functional groups attached to an aromatic ring is 1. The Hall–Kier alpha value is -1.81. The van der Waals surface area contributed by atoms with Crippen molar-refractivity contribution in [1.82, 2.24) is 10.3 Å². The van der Waals surface area contributed by atoms with Crippen LogP contribution in [0, 0.1) is 0 Å². The molecule has 0 radical (unpaired) electrons. The molecule has 0 fully saturated rings. The van der Waals surface area contributed by atoms with E-state index in [0.29, 0.717) is 0 Å². The van der Waals surface area contributed by atoms with Crippen molar-refractivity contribution in [1.29, 1.82) is 0 Å². The average molecular weight is 231 g/mol. The highest BCUT2D eigenvalue weighted by atomic mass is 16.3. The van der Waals surface area contributed by atoms with E-state index < -0.39 is 0 Å². The Kier molecular flexibility index (Phi) is 3.77. The van der Waals surface area contributed by atoms with E-state index in [2.05, 4.69) is 17.2 Å². The minimum atomic E-state index is 0.140. The molecule has 4 nitrogen and oxygen atoms in total. The van der Waals surface area contributed by atoms with Crippen molar-refractivity contribution in [3.63, 3.8) is 0 Å². The van der Waals surface area contributed by atoms with Crippen LogP contribution >= 0.6 is 0 Å². The average Bonchev–Trinajstić information content (AvgIpc) is 2.85. The molecule has 0 bridgehead atoms. The monoisotopic (exact) mass is 231 g/mol. The summed E-state index contributed by atoms with van der Waals surface area (Å²) < 4.78 is 5.44. The molecule has 90 valence electrons. The molecule has 0 aliphatic heterocycles. The number of hydrogen-bond acceptors (Lipinski definition) is 4. The lowest BCUT2D eigenvalue weighted by Gasteiger charge is -2.16.